The molecule has 15 aromatic rings. The van der Waals surface area contributed by atoms with E-state index in [2.05, 4.69) is 379 Å². The fourth-order valence-corrected chi connectivity index (χ4v) is 21.7. The fraction of sp³-hybridized carbons (Fsp3) is 0.0323. The molecule has 452 valence electrons. The highest BCUT2D eigenvalue weighted by Crippen LogP contribution is 2.66. The van der Waals surface area contributed by atoms with Crippen LogP contribution >= 0.6 is 7.92 Å². The molecule has 0 N–H and O–H groups in total. The summed E-state index contributed by atoms with van der Waals surface area (Å²) >= 11 is 0. The summed E-state index contributed by atoms with van der Waals surface area (Å²) in [5, 5.41) is 4.08. The molecule has 0 bridgehead atoms. The van der Waals surface area contributed by atoms with Gasteiger partial charge in [0.25, 0.3) is 0 Å². The minimum absolute atomic E-state index is 0.534. The average molecular weight is 1250 g/mol. The SMILES string of the molecule is c1ccc(C2(c3ccccc3)c3ccccc3-c3cc(N4c5cccc6c5P5c7c4cccc7N(c4ccc7c(c4)C(c4ccccc4)(c4ccccc4)c4ccccc4-7)c4cccc(c45)N6c4ccc5c(c4)C(c4ccccc4)(c4ccccc4)c4ccccc4-5)ccc32)cc1. The number of benzene rings is 15. The molecule has 0 unspecified atom stereocenters. The standard InChI is InChI=1S/C93H60N3P/c1-7-28-61(29-8-1)91(62-30-9-2-10-31-62)78-45-24-21-42-72(78)75-58-67(54-57-79(75)91)94-82-46-25-48-84-88(82)97-89-83(94)47-26-49-85(89)96(69-53-56-74-71-41-20-23-44-77(71)93(81(74)60-69,65-36-15-5-16-37-65)66-38-17-6-18-39-66)87-51-27-50-86(90(87)97)95(84)68-52-55-73-70-40-19-22-43-76(70)92(80(73)59-68,63-32-11-3-12-33-63)64-34-13-4-14-35-64/h1-60H. The summed E-state index contributed by atoms with van der Waals surface area (Å²) in [5.74, 6) is 0. The predicted octanol–water partition coefficient (Wildman–Crippen LogP) is 21.9. The maximum atomic E-state index is 2.64. The van der Waals surface area contributed by atoms with E-state index in [4.69, 9.17) is 0 Å². The van der Waals surface area contributed by atoms with Crippen LogP contribution < -0.4 is 30.6 Å². The molecule has 15 aromatic carbocycles. The van der Waals surface area contributed by atoms with Crippen LogP contribution in [0.3, 0.4) is 0 Å². The zero-order valence-electron chi connectivity index (χ0n) is 52.9. The number of nitrogens with zero attached hydrogens (tertiary/aromatic N) is 3. The second-order valence-corrected chi connectivity index (χ2v) is 28.6. The smallest absolute Gasteiger partial charge is 0.0714 e. The van der Waals surface area contributed by atoms with E-state index in [1.165, 1.54) is 150 Å². The Labute approximate surface area is 566 Å². The van der Waals surface area contributed by atoms with Crippen molar-refractivity contribution in [1.82, 2.24) is 0 Å². The summed E-state index contributed by atoms with van der Waals surface area (Å²) in [5.41, 5.74) is 31.7. The second kappa shape index (κ2) is 20.6. The number of anilines is 9. The first kappa shape index (κ1) is 54.5. The molecule has 3 aliphatic heterocycles. The third-order valence-corrected chi connectivity index (χ3v) is 24.9. The van der Waals surface area contributed by atoms with Gasteiger partial charge in [0, 0.05) is 40.9 Å². The zero-order valence-corrected chi connectivity index (χ0v) is 53.8. The topological polar surface area (TPSA) is 9.72 Å². The Kier molecular flexibility index (Phi) is 11.6. The highest BCUT2D eigenvalue weighted by atomic mass is 31.1. The van der Waals surface area contributed by atoms with E-state index in [1.807, 2.05) is 0 Å². The molecule has 3 heterocycles. The normalized spacial score (nSPS) is 15.2. The van der Waals surface area contributed by atoms with Gasteiger partial charge in [-0.25, -0.2) is 0 Å². The Morgan fingerprint density at radius 3 is 0.732 bits per heavy atom. The Hall–Kier alpha value is -11.9. The fourth-order valence-electron chi connectivity index (χ4n) is 18.6. The van der Waals surface area contributed by atoms with Crippen LogP contribution in [0, 0.1) is 0 Å². The first-order valence-electron chi connectivity index (χ1n) is 33.8. The molecular weight excluding hydrogens is 1190 g/mol. The highest BCUT2D eigenvalue weighted by Gasteiger charge is 2.52. The van der Waals surface area contributed by atoms with E-state index in [-0.39, 0.29) is 0 Å². The van der Waals surface area contributed by atoms with E-state index < -0.39 is 24.2 Å². The van der Waals surface area contributed by atoms with Crippen LogP contribution in [-0.2, 0) is 16.2 Å². The molecule has 0 spiro atoms. The first-order valence-corrected chi connectivity index (χ1v) is 35.2. The van der Waals surface area contributed by atoms with E-state index in [0.29, 0.717) is 0 Å². The van der Waals surface area contributed by atoms with Crippen molar-refractivity contribution in [2.24, 2.45) is 0 Å². The molecular formula is C93H60N3P. The van der Waals surface area contributed by atoms with Gasteiger partial charge in [-0.1, -0.05) is 291 Å². The van der Waals surface area contributed by atoms with Crippen LogP contribution in [0.5, 0.6) is 0 Å². The molecule has 0 atom stereocenters. The van der Waals surface area contributed by atoms with Gasteiger partial charge in [0.2, 0.25) is 0 Å². The summed E-state index contributed by atoms with van der Waals surface area (Å²) < 4.78 is 0. The van der Waals surface area contributed by atoms with Gasteiger partial charge in [0.05, 0.1) is 50.4 Å². The number of rotatable bonds is 9. The third-order valence-electron chi connectivity index (χ3n) is 22.2. The zero-order chi connectivity index (χ0) is 63.6. The van der Waals surface area contributed by atoms with Crippen LogP contribution in [0.15, 0.2) is 364 Å². The molecule has 3 aliphatic carbocycles. The molecule has 0 amide bonds. The second-order valence-electron chi connectivity index (χ2n) is 26.5. The van der Waals surface area contributed by atoms with Gasteiger partial charge in [-0.2, -0.15) is 0 Å². The summed E-state index contributed by atoms with van der Waals surface area (Å²) in [6.45, 7) is 0. The van der Waals surface area contributed by atoms with Gasteiger partial charge < -0.3 is 14.7 Å². The van der Waals surface area contributed by atoms with Crippen molar-refractivity contribution in [3.8, 4) is 33.4 Å². The minimum atomic E-state index is -1.17. The molecule has 0 saturated heterocycles. The molecule has 0 fully saturated rings. The van der Waals surface area contributed by atoms with Crippen molar-refractivity contribution in [1.29, 1.82) is 0 Å². The molecule has 97 heavy (non-hydrogen) atoms. The van der Waals surface area contributed by atoms with Crippen LogP contribution in [0.4, 0.5) is 51.2 Å². The quantitative estimate of drug-likeness (QED) is 0.133. The van der Waals surface area contributed by atoms with Crippen molar-refractivity contribution >= 4 is 75.0 Å². The lowest BCUT2D eigenvalue weighted by molar-refractivity contribution is 0.768. The Bertz CT molecular complexity index is 5360. The van der Waals surface area contributed by atoms with Crippen LogP contribution in [0.2, 0.25) is 0 Å². The van der Waals surface area contributed by atoms with Gasteiger partial charge >= 0.3 is 0 Å². The molecule has 3 nitrogen and oxygen atoms in total. The molecule has 21 rings (SSSR count). The van der Waals surface area contributed by atoms with Crippen molar-refractivity contribution in [3.63, 3.8) is 0 Å². The molecule has 0 saturated carbocycles. The molecule has 6 aliphatic rings. The van der Waals surface area contributed by atoms with Gasteiger partial charge in [-0.15, -0.1) is 0 Å². The molecule has 4 heteroatoms. The Balaban J connectivity index is 0.837. The van der Waals surface area contributed by atoms with Crippen molar-refractivity contribution < 1.29 is 0 Å². The van der Waals surface area contributed by atoms with E-state index in [0.717, 1.165) is 17.1 Å². The lowest BCUT2D eigenvalue weighted by atomic mass is 9.67. The van der Waals surface area contributed by atoms with Gasteiger partial charge in [0.1, 0.15) is 0 Å². The Morgan fingerprint density at radius 2 is 0.412 bits per heavy atom. The summed E-state index contributed by atoms with van der Waals surface area (Å²) in [6.07, 6.45) is 0. The minimum Gasteiger partial charge on any atom is -0.309 e. The van der Waals surface area contributed by atoms with Crippen LogP contribution in [0.25, 0.3) is 33.4 Å². The maximum Gasteiger partial charge on any atom is 0.0714 e. The largest absolute Gasteiger partial charge is 0.309 e. The van der Waals surface area contributed by atoms with Crippen LogP contribution in [-0.4, -0.2) is 0 Å². The Morgan fingerprint density at radius 1 is 0.175 bits per heavy atom. The molecule has 0 radical (unpaired) electrons. The molecule has 0 aromatic heterocycles. The number of hydrogen-bond donors (Lipinski definition) is 0. The van der Waals surface area contributed by atoms with Crippen molar-refractivity contribution in [2.75, 3.05) is 14.7 Å². The lowest BCUT2D eigenvalue weighted by Crippen LogP contribution is -2.45. The third kappa shape index (κ3) is 7.13. The average Bonchev–Trinajstić information content (AvgIpc) is 1.35. The lowest BCUT2D eigenvalue weighted by Gasteiger charge is -2.50. The van der Waals surface area contributed by atoms with Crippen molar-refractivity contribution in [2.45, 2.75) is 16.2 Å². The highest BCUT2D eigenvalue weighted by molar-refractivity contribution is 7.82. The monoisotopic (exact) mass is 1250 g/mol. The number of fused-ring (bicyclic) bond motifs is 9. The summed E-state index contributed by atoms with van der Waals surface area (Å²) in [4.78, 5) is 7.90. The maximum absolute atomic E-state index is 2.64. The van der Waals surface area contributed by atoms with Crippen LogP contribution in [0.1, 0.15) is 66.8 Å². The van der Waals surface area contributed by atoms with E-state index >= 15 is 0 Å². The van der Waals surface area contributed by atoms with Gasteiger partial charge in [-0.05, 0) is 173 Å². The number of hydrogen-bond acceptors (Lipinski definition) is 3. The van der Waals surface area contributed by atoms with Gasteiger partial charge in [0.15, 0.2) is 0 Å². The summed E-state index contributed by atoms with van der Waals surface area (Å²) in [7, 11) is -1.17. The van der Waals surface area contributed by atoms with Crippen molar-refractivity contribution in [3.05, 3.63) is 431 Å². The first-order chi connectivity index (χ1) is 48.2. The summed E-state index contributed by atoms with van der Waals surface area (Å²) in [6, 6.07) is 138. The van der Waals surface area contributed by atoms with E-state index in [9.17, 15) is 0 Å². The van der Waals surface area contributed by atoms with E-state index in [1.54, 1.807) is 0 Å². The van der Waals surface area contributed by atoms with Gasteiger partial charge in [-0.3, -0.25) is 0 Å². The predicted molar refractivity (Wildman–Crippen MR) is 402 cm³/mol.